The van der Waals surface area contributed by atoms with E-state index >= 15 is 0 Å². The number of rotatable bonds is 5. The Kier molecular flexibility index (Phi) is 5.47. The molecule has 2 N–H and O–H groups in total. The molecule has 4 rings (SSSR count). The second-order valence-electron chi connectivity index (χ2n) is 6.87. The summed E-state index contributed by atoms with van der Waals surface area (Å²) in [5.74, 6) is -1.20. The second kappa shape index (κ2) is 8.09. The number of benzene rings is 2. The summed E-state index contributed by atoms with van der Waals surface area (Å²) in [6.45, 7) is 1.64. The first-order valence-corrected chi connectivity index (χ1v) is 11.0. The number of nitrogens with zero attached hydrogens (tertiary/aromatic N) is 2. The number of amides is 1. The van der Waals surface area contributed by atoms with Crippen LogP contribution in [-0.4, -0.2) is 29.5 Å². The SMILES string of the molecule is Cc1ccc(Cl)c(S(=O)(=O)c2ccc(CNC(=O)c3cnc4[nH]ncc4c3)cc2)c1F. The maximum absolute atomic E-state index is 14.4. The Bertz CT molecular complexity index is 1400. The van der Waals surface area contributed by atoms with Gasteiger partial charge < -0.3 is 5.32 Å². The quantitative estimate of drug-likeness (QED) is 0.473. The first-order chi connectivity index (χ1) is 14.8. The number of nitrogens with one attached hydrogen (secondary N) is 2. The molecule has 31 heavy (non-hydrogen) atoms. The Morgan fingerprint density at radius 2 is 1.90 bits per heavy atom. The maximum Gasteiger partial charge on any atom is 0.253 e. The molecular formula is C21H16ClFN4O3S. The lowest BCUT2D eigenvalue weighted by Crippen LogP contribution is -2.22. The van der Waals surface area contributed by atoms with Crippen molar-refractivity contribution >= 4 is 38.4 Å². The van der Waals surface area contributed by atoms with Gasteiger partial charge in [0.2, 0.25) is 9.84 Å². The van der Waals surface area contributed by atoms with Crippen molar-refractivity contribution < 1.29 is 17.6 Å². The molecule has 2 heterocycles. The Labute approximate surface area is 182 Å². The van der Waals surface area contributed by atoms with Crippen molar-refractivity contribution in [2.24, 2.45) is 0 Å². The molecule has 0 fully saturated rings. The van der Waals surface area contributed by atoms with Crippen LogP contribution in [0.15, 0.2) is 64.6 Å². The van der Waals surface area contributed by atoms with Crippen LogP contribution in [0.5, 0.6) is 0 Å². The van der Waals surface area contributed by atoms with Crippen LogP contribution in [0.1, 0.15) is 21.5 Å². The lowest BCUT2D eigenvalue weighted by Gasteiger charge is -2.11. The van der Waals surface area contributed by atoms with Crippen LogP contribution in [0.4, 0.5) is 4.39 Å². The topological polar surface area (TPSA) is 105 Å². The molecule has 2 aromatic carbocycles. The molecule has 0 bridgehead atoms. The number of fused-ring (bicyclic) bond motifs is 1. The van der Waals surface area contributed by atoms with Gasteiger partial charge in [0.1, 0.15) is 10.7 Å². The molecule has 158 valence electrons. The summed E-state index contributed by atoms with van der Waals surface area (Å²) in [4.78, 5) is 15.8. The number of H-pyrrole nitrogens is 1. The van der Waals surface area contributed by atoms with Crippen molar-refractivity contribution in [3.63, 3.8) is 0 Å². The number of pyridine rings is 1. The summed E-state index contributed by atoms with van der Waals surface area (Å²) in [7, 11) is -4.14. The average Bonchev–Trinajstić information content (AvgIpc) is 3.23. The summed E-state index contributed by atoms with van der Waals surface area (Å²) in [5, 5.41) is 9.85. The van der Waals surface area contributed by atoms with Gasteiger partial charge in [-0.3, -0.25) is 9.89 Å². The van der Waals surface area contributed by atoms with Gasteiger partial charge in [-0.05, 0) is 42.3 Å². The number of hydrogen-bond acceptors (Lipinski definition) is 5. The van der Waals surface area contributed by atoms with Crippen molar-refractivity contribution in [3.8, 4) is 0 Å². The highest BCUT2D eigenvalue weighted by Gasteiger charge is 2.26. The molecule has 0 atom stereocenters. The maximum atomic E-state index is 14.4. The van der Waals surface area contributed by atoms with E-state index < -0.39 is 20.5 Å². The Morgan fingerprint density at radius 1 is 1.16 bits per heavy atom. The Morgan fingerprint density at radius 3 is 2.65 bits per heavy atom. The van der Waals surface area contributed by atoms with Crippen molar-refractivity contribution in [1.82, 2.24) is 20.5 Å². The highest BCUT2D eigenvalue weighted by molar-refractivity contribution is 7.91. The van der Waals surface area contributed by atoms with Crippen LogP contribution in [0, 0.1) is 12.7 Å². The van der Waals surface area contributed by atoms with Gasteiger partial charge in [0, 0.05) is 18.1 Å². The summed E-state index contributed by atoms with van der Waals surface area (Å²) >= 11 is 5.96. The van der Waals surface area contributed by atoms with Gasteiger partial charge >= 0.3 is 0 Å². The van der Waals surface area contributed by atoms with Crippen LogP contribution in [0.2, 0.25) is 5.02 Å². The van der Waals surface area contributed by atoms with E-state index in [0.29, 0.717) is 22.2 Å². The van der Waals surface area contributed by atoms with Crippen LogP contribution >= 0.6 is 11.6 Å². The smallest absolute Gasteiger partial charge is 0.253 e. The van der Waals surface area contributed by atoms with E-state index in [0.717, 1.165) is 0 Å². The van der Waals surface area contributed by atoms with Crippen LogP contribution in [0.3, 0.4) is 0 Å². The number of hydrogen-bond donors (Lipinski definition) is 2. The average molecular weight is 459 g/mol. The molecule has 7 nitrogen and oxygen atoms in total. The molecule has 4 aromatic rings. The minimum atomic E-state index is -4.14. The van der Waals surface area contributed by atoms with Crippen molar-refractivity contribution in [1.29, 1.82) is 0 Å². The summed E-state index contributed by atoms with van der Waals surface area (Å²) < 4.78 is 40.2. The van der Waals surface area contributed by atoms with Crippen molar-refractivity contribution in [2.45, 2.75) is 23.3 Å². The van der Waals surface area contributed by atoms with Gasteiger partial charge in [-0.1, -0.05) is 29.8 Å². The van der Waals surface area contributed by atoms with E-state index in [4.69, 9.17) is 11.6 Å². The van der Waals surface area contributed by atoms with Crippen LogP contribution in [0.25, 0.3) is 11.0 Å². The fourth-order valence-electron chi connectivity index (χ4n) is 3.03. The monoisotopic (exact) mass is 458 g/mol. The van der Waals surface area contributed by atoms with Crippen LogP contribution in [-0.2, 0) is 16.4 Å². The predicted octanol–water partition coefficient (Wildman–Crippen LogP) is 3.82. The normalized spacial score (nSPS) is 11.6. The molecule has 0 unspecified atom stereocenters. The number of carbonyl (C=O) groups excluding carboxylic acids is 1. The van der Waals surface area contributed by atoms with Gasteiger partial charge in [0.15, 0.2) is 5.65 Å². The lowest BCUT2D eigenvalue weighted by molar-refractivity contribution is 0.0950. The van der Waals surface area contributed by atoms with Crippen molar-refractivity contribution in [3.05, 3.63) is 82.4 Å². The standard InChI is InChI=1S/C21H16ClFN4O3S/c1-12-2-7-17(22)19(18(12)23)31(29,30)16-5-3-13(4-6-16)9-25-21(28)15-8-14-11-26-27-20(14)24-10-15/h2-8,10-11H,9H2,1H3,(H,25,28)(H,24,26,27). The lowest BCUT2D eigenvalue weighted by atomic mass is 10.2. The predicted molar refractivity (Wildman–Crippen MR) is 113 cm³/mol. The summed E-state index contributed by atoms with van der Waals surface area (Å²) in [6.07, 6.45) is 3.01. The molecule has 0 aliphatic carbocycles. The van der Waals surface area contributed by atoms with Gasteiger partial charge in [0.25, 0.3) is 5.91 Å². The number of carbonyl (C=O) groups is 1. The molecule has 0 saturated heterocycles. The van der Waals surface area contributed by atoms with Gasteiger partial charge in [-0.15, -0.1) is 0 Å². The molecule has 0 spiro atoms. The third kappa shape index (κ3) is 4.01. The first kappa shape index (κ1) is 21.0. The highest BCUT2D eigenvalue weighted by atomic mass is 35.5. The Hall–Kier alpha value is -3.30. The van der Waals surface area contributed by atoms with Gasteiger partial charge in [-0.2, -0.15) is 5.10 Å². The zero-order chi connectivity index (χ0) is 22.2. The third-order valence-corrected chi connectivity index (χ3v) is 7.01. The van der Waals surface area contributed by atoms with E-state index in [2.05, 4.69) is 20.5 Å². The molecule has 1 amide bonds. The summed E-state index contributed by atoms with van der Waals surface area (Å²) in [5.41, 5.74) is 1.81. The zero-order valence-electron chi connectivity index (χ0n) is 16.2. The Balaban J connectivity index is 1.50. The number of sulfone groups is 1. The molecule has 10 heteroatoms. The summed E-state index contributed by atoms with van der Waals surface area (Å²) in [6, 6.07) is 10.2. The molecule has 0 aliphatic rings. The van der Waals surface area contributed by atoms with Gasteiger partial charge in [0.05, 0.1) is 21.7 Å². The van der Waals surface area contributed by atoms with E-state index in [9.17, 15) is 17.6 Å². The third-order valence-electron chi connectivity index (χ3n) is 4.75. The number of halogens is 2. The zero-order valence-corrected chi connectivity index (χ0v) is 17.8. The van der Waals surface area contributed by atoms with Gasteiger partial charge in [-0.25, -0.2) is 17.8 Å². The van der Waals surface area contributed by atoms with E-state index in [1.54, 1.807) is 24.4 Å². The van der Waals surface area contributed by atoms with E-state index in [-0.39, 0.29) is 27.9 Å². The fourth-order valence-corrected chi connectivity index (χ4v) is 4.93. The number of aromatic amines is 1. The molecular weight excluding hydrogens is 443 g/mol. The largest absolute Gasteiger partial charge is 0.348 e. The number of aryl methyl sites for hydroxylation is 1. The molecule has 0 aliphatic heterocycles. The highest BCUT2D eigenvalue weighted by Crippen LogP contribution is 2.31. The molecule has 2 aromatic heterocycles. The van der Waals surface area contributed by atoms with E-state index in [1.807, 2.05) is 0 Å². The molecule has 0 saturated carbocycles. The van der Waals surface area contributed by atoms with E-state index in [1.165, 1.54) is 37.4 Å². The second-order valence-corrected chi connectivity index (χ2v) is 9.16. The van der Waals surface area contributed by atoms with Crippen LogP contribution < -0.4 is 5.32 Å². The fraction of sp³-hybridized carbons (Fsp3) is 0.0952. The first-order valence-electron chi connectivity index (χ1n) is 9.13. The minimum absolute atomic E-state index is 0.0939. The molecule has 0 radical (unpaired) electrons. The van der Waals surface area contributed by atoms with Crippen molar-refractivity contribution in [2.75, 3.05) is 0 Å². The number of aromatic nitrogens is 3. The minimum Gasteiger partial charge on any atom is -0.348 e.